The number of pyridine rings is 2. The minimum atomic E-state index is -0.374. The highest BCUT2D eigenvalue weighted by molar-refractivity contribution is 5.98. The van der Waals surface area contributed by atoms with Crippen LogP contribution in [0.2, 0.25) is 0 Å². The van der Waals surface area contributed by atoms with E-state index in [1.165, 1.54) is 12.1 Å². The summed E-state index contributed by atoms with van der Waals surface area (Å²) in [5.41, 5.74) is 2.50. The van der Waals surface area contributed by atoms with Gasteiger partial charge in [-0.15, -0.1) is 0 Å². The Hall–Kier alpha value is -3.36. The third-order valence-electron chi connectivity index (χ3n) is 6.33. The van der Waals surface area contributed by atoms with E-state index in [2.05, 4.69) is 14.9 Å². The molecule has 0 saturated carbocycles. The van der Waals surface area contributed by atoms with Crippen LogP contribution >= 0.6 is 0 Å². The van der Waals surface area contributed by atoms with Crippen LogP contribution in [0, 0.1) is 11.7 Å². The first-order valence-corrected chi connectivity index (χ1v) is 11.8. The van der Waals surface area contributed by atoms with Gasteiger partial charge < -0.3 is 14.7 Å². The van der Waals surface area contributed by atoms with Gasteiger partial charge in [-0.25, -0.2) is 9.37 Å². The van der Waals surface area contributed by atoms with Gasteiger partial charge in [0, 0.05) is 43.5 Å². The Balaban J connectivity index is 1.66. The van der Waals surface area contributed by atoms with Crippen molar-refractivity contribution in [2.24, 2.45) is 5.92 Å². The molecule has 4 rings (SSSR count). The number of carbonyl (C=O) groups excluding carboxylic acids is 1. The van der Waals surface area contributed by atoms with Gasteiger partial charge in [-0.1, -0.05) is 25.1 Å². The second kappa shape index (κ2) is 10.9. The number of aliphatic hydroxyl groups excluding tert-OH is 1. The van der Waals surface area contributed by atoms with Crippen LogP contribution in [-0.4, -0.2) is 69.7 Å². The Morgan fingerprint density at radius 1 is 1.20 bits per heavy atom. The zero-order valence-electron chi connectivity index (χ0n) is 20.3. The number of rotatable bonds is 7. The van der Waals surface area contributed by atoms with Crippen molar-refractivity contribution < 1.29 is 19.0 Å². The molecule has 8 heteroatoms. The fourth-order valence-corrected chi connectivity index (χ4v) is 4.29. The van der Waals surface area contributed by atoms with Gasteiger partial charge in [-0.2, -0.15) is 0 Å². The van der Waals surface area contributed by atoms with Crippen LogP contribution in [0.4, 0.5) is 4.39 Å². The lowest BCUT2D eigenvalue weighted by Crippen LogP contribution is -2.49. The van der Waals surface area contributed by atoms with Crippen LogP contribution in [0.5, 0.6) is 5.88 Å². The van der Waals surface area contributed by atoms with Crippen molar-refractivity contribution in [2.45, 2.75) is 32.5 Å². The van der Waals surface area contributed by atoms with E-state index in [0.717, 1.165) is 5.69 Å². The highest BCUT2D eigenvalue weighted by Gasteiger charge is 2.34. The first kappa shape index (κ1) is 24.8. The van der Waals surface area contributed by atoms with Crippen LogP contribution in [-0.2, 0) is 6.54 Å². The monoisotopic (exact) mass is 478 g/mol. The number of benzene rings is 1. The van der Waals surface area contributed by atoms with Crippen LogP contribution in [0.3, 0.4) is 0 Å². The lowest BCUT2D eigenvalue weighted by Gasteiger charge is -2.37. The molecule has 1 aliphatic rings. The Kier molecular flexibility index (Phi) is 7.73. The largest absolute Gasteiger partial charge is 0.472 e. The van der Waals surface area contributed by atoms with E-state index >= 15 is 0 Å². The molecule has 0 fully saturated rings. The number of halogens is 1. The zero-order valence-corrected chi connectivity index (χ0v) is 20.3. The molecule has 7 nitrogen and oxygen atoms in total. The van der Waals surface area contributed by atoms with Gasteiger partial charge in [-0.05, 0) is 49.9 Å². The highest BCUT2D eigenvalue weighted by atomic mass is 19.1. The smallest absolute Gasteiger partial charge is 0.259 e. The Labute approximate surface area is 205 Å². The summed E-state index contributed by atoms with van der Waals surface area (Å²) < 4.78 is 20.2. The fraction of sp³-hybridized carbons (Fsp3) is 0.370. The van der Waals surface area contributed by atoms with Gasteiger partial charge >= 0.3 is 0 Å². The van der Waals surface area contributed by atoms with Gasteiger partial charge in [0.05, 0.1) is 18.3 Å². The minimum absolute atomic E-state index is 0.0167. The molecule has 0 aliphatic carbocycles. The lowest BCUT2D eigenvalue weighted by atomic mass is 9.99. The van der Waals surface area contributed by atoms with Crippen LogP contribution in [0.1, 0.15) is 29.9 Å². The number of ether oxygens (including phenoxy) is 1. The standard InChI is InChI=1S/C27H31FN4O3/c1-18-14-32(19(2)17-33)27(34)24-12-21(20-7-6-8-22(28)11-20)13-30-26(24)35-25(18)16-31(3)15-23-9-4-5-10-29-23/h4-13,18-19,25,33H,14-17H2,1-3H3/t18-,19+,25+/m1/s1. The summed E-state index contributed by atoms with van der Waals surface area (Å²) in [5, 5.41) is 9.84. The number of aliphatic hydroxyl groups is 1. The molecule has 1 N–H and O–H groups in total. The van der Waals surface area contributed by atoms with E-state index in [9.17, 15) is 14.3 Å². The van der Waals surface area contributed by atoms with Crippen LogP contribution in [0.15, 0.2) is 60.9 Å². The predicted octanol–water partition coefficient (Wildman–Crippen LogP) is 3.63. The second-order valence-corrected chi connectivity index (χ2v) is 9.23. The molecule has 2 aromatic heterocycles. The van der Waals surface area contributed by atoms with Crippen LogP contribution < -0.4 is 4.74 Å². The maximum atomic E-state index is 13.8. The highest BCUT2D eigenvalue weighted by Crippen LogP contribution is 2.30. The summed E-state index contributed by atoms with van der Waals surface area (Å²) >= 11 is 0. The van der Waals surface area contributed by atoms with E-state index < -0.39 is 0 Å². The van der Waals surface area contributed by atoms with Crippen molar-refractivity contribution in [3.8, 4) is 17.0 Å². The van der Waals surface area contributed by atoms with Crippen molar-refractivity contribution in [1.82, 2.24) is 19.8 Å². The third-order valence-corrected chi connectivity index (χ3v) is 6.33. The van der Waals surface area contributed by atoms with Gasteiger partial charge in [-0.3, -0.25) is 14.7 Å². The summed E-state index contributed by atoms with van der Waals surface area (Å²) in [6.45, 7) is 5.37. The quantitative estimate of drug-likeness (QED) is 0.559. The molecule has 0 spiro atoms. The average molecular weight is 479 g/mol. The van der Waals surface area contributed by atoms with Crippen molar-refractivity contribution in [1.29, 1.82) is 0 Å². The first-order valence-electron chi connectivity index (χ1n) is 11.8. The van der Waals surface area contributed by atoms with E-state index in [1.807, 2.05) is 39.1 Å². The van der Waals surface area contributed by atoms with E-state index in [4.69, 9.17) is 4.74 Å². The van der Waals surface area contributed by atoms with Crippen molar-refractivity contribution in [3.63, 3.8) is 0 Å². The number of hydrogen-bond acceptors (Lipinski definition) is 6. The molecule has 35 heavy (non-hydrogen) atoms. The second-order valence-electron chi connectivity index (χ2n) is 9.23. The van der Waals surface area contributed by atoms with Crippen molar-refractivity contribution >= 4 is 5.91 Å². The van der Waals surface area contributed by atoms with E-state index in [0.29, 0.717) is 36.3 Å². The summed E-state index contributed by atoms with van der Waals surface area (Å²) in [4.78, 5) is 26.3. The maximum Gasteiger partial charge on any atom is 0.259 e. The maximum absolute atomic E-state index is 13.8. The molecule has 3 aromatic rings. The summed E-state index contributed by atoms with van der Waals surface area (Å²) in [6, 6.07) is 13.3. The number of carbonyl (C=O) groups is 1. The molecule has 0 saturated heterocycles. The molecule has 0 bridgehead atoms. The van der Waals surface area contributed by atoms with Gasteiger partial charge in [0.15, 0.2) is 0 Å². The topological polar surface area (TPSA) is 78.8 Å². The number of hydrogen-bond donors (Lipinski definition) is 1. The Bertz CT molecular complexity index is 1160. The summed E-state index contributed by atoms with van der Waals surface area (Å²) in [7, 11) is 2.00. The molecule has 184 valence electrons. The Morgan fingerprint density at radius 3 is 2.74 bits per heavy atom. The normalized spacial score (nSPS) is 19.0. The number of nitrogens with zero attached hydrogens (tertiary/aromatic N) is 4. The Morgan fingerprint density at radius 2 is 2.03 bits per heavy atom. The molecule has 3 atom stereocenters. The summed E-state index contributed by atoms with van der Waals surface area (Å²) in [5.74, 6) is -0.401. The minimum Gasteiger partial charge on any atom is -0.472 e. The summed E-state index contributed by atoms with van der Waals surface area (Å²) in [6.07, 6.45) is 3.12. The zero-order chi connectivity index (χ0) is 24.9. The third kappa shape index (κ3) is 5.83. The van der Waals surface area contributed by atoms with Gasteiger partial charge in [0.25, 0.3) is 5.91 Å². The number of likely N-dealkylation sites (N-methyl/N-ethyl adjacent to an activating group) is 1. The van der Waals surface area contributed by atoms with Gasteiger partial charge in [0.2, 0.25) is 5.88 Å². The lowest BCUT2D eigenvalue weighted by molar-refractivity contribution is 0.0324. The van der Waals surface area contributed by atoms with Crippen molar-refractivity contribution in [2.75, 3.05) is 26.7 Å². The van der Waals surface area contributed by atoms with Gasteiger partial charge in [0.1, 0.15) is 17.5 Å². The molecule has 1 amide bonds. The molecule has 1 aliphatic heterocycles. The SMILES string of the molecule is C[C@@H]1CN([C@@H](C)CO)C(=O)c2cc(-c3cccc(F)c3)cnc2O[C@H]1CN(C)Cc1ccccn1. The molecule has 0 radical (unpaired) electrons. The van der Waals surface area contributed by atoms with Crippen LogP contribution in [0.25, 0.3) is 11.1 Å². The number of amides is 1. The number of fused-ring (bicyclic) bond motifs is 1. The van der Waals surface area contributed by atoms with E-state index in [1.54, 1.807) is 35.5 Å². The average Bonchev–Trinajstić information content (AvgIpc) is 2.86. The molecule has 0 unspecified atom stereocenters. The molecule has 1 aromatic carbocycles. The van der Waals surface area contributed by atoms with E-state index in [-0.39, 0.29) is 42.3 Å². The first-order chi connectivity index (χ1) is 16.9. The molecular weight excluding hydrogens is 447 g/mol. The predicted molar refractivity (Wildman–Crippen MR) is 131 cm³/mol. The number of aromatic nitrogens is 2. The molecule has 3 heterocycles. The molecular formula is C27H31FN4O3. The van der Waals surface area contributed by atoms with Crippen molar-refractivity contribution in [3.05, 3.63) is 78.0 Å². The fourth-order valence-electron chi connectivity index (χ4n) is 4.29.